The number of urea groups is 1. The maximum atomic E-state index is 12.3. The van der Waals surface area contributed by atoms with Gasteiger partial charge in [0.1, 0.15) is 5.52 Å². The van der Waals surface area contributed by atoms with E-state index in [2.05, 4.69) is 55.1 Å². The van der Waals surface area contributed by atoms with E-state index >= 15 is 0 Å². The summed E-state index contributed by atoms with van der Waals surface area (Å²) in [7, 11) is 1.84. The Hall–Kier alpha value is -2.41. The van der Waals surface area contributed by atoms with Crippen LogP contribution in [0.25, 0.3) is 11.0 Å². The van der Waals surface area contributed by atoms with E-state index in [0.29, 0.717) is 11.8 Å². The molecule has 126 valence electrons. The predicted octanol–water partition coefficient (Wildman–Crippen LogP) is 3.19. The largest absolute Gasteiger partial charge is 0.334 e. The van der Waals surface area contributed by atoms with Crippen molar-refractivity contribution in [3.8, 4) is 0 Å². The van der Waals surface area contributed by atoms with Gasteiger partial charge in [-0.3, -0.25) is 0 Å². The molecular formula is C18H16BrN5O. The van der Waals surface area contributed by atoms with Crippen molar-refractivity contribution >= 4 is 38.7 Å². The molecule has 6 nitrogen and oxygen atoms in total. The molecule has 1 heterocycles. The highest BCUT2D eigenvalue weighted by Crippen LogP contribution is 2.57. The molecule has 3 unspecified atom stereocenters. The van der Waals surface area contributed by atoms with Gasteiger partial charge in [-0.05, 0) is 47.7 Å². The summed E-state index contributed by atoms with van der Waals surface area (Å²) in [5, 5.41) is 14.1. The number of nitrogens with zero attached hydrogens (tertiary/aromatic N) is 3. The van der Waals surface area contributed by atoms with Gasteiger partial charge >= 0.3 is 6.03 Å². The van der Waals surface area contributed by atoms with Gasteiger partial charge in [0, 0.05) is 29.2 Å². The first-order valence-electron chi connectivity index (χ1n) is 8.26. The van der Waals surface area contributed by atoms with Crippen molar-refractivity contribution in [2.75, 3.05) is 5.32 Å². The summed E-state index contributed by atoms with van der Waals surface area (Å²) in [6, 6.07) is 12.0. The van der Waals surface area contributed by atoms with Crippen LogP contribution in [0.15, 0.2) is 40.9 Å². The Bertz CT molecular complexity index is 1010. The number of anilines is 1. The molecule has 25 heavy (non-hydrogen) atoms. The average molecular weight is 398 g/mol. The number of rotatable bonds is 2. The third kappa shape index (κ3) is 2.33. The number of aromatic nitrogens is 3. The van der Waals surface area contributed by atoms with Gasteiger partial charge in [0.25, 0.3) is 0 Å². The molecule has 0 bridgehead atoms. The number of fused-ring (bicyclic) bond motifs is 4. The molecule has 5 rings (SSSR count). The minimum absolute atomic E-state index is 0.167. The summed E-state index contributed by atoms with van der Waals surface area (Å²) in [5.41, 5.74) is 5.18. The van der Waals surface area contributed by atoms with Crippen LogP contribution in [-0.4, -0.2) is 27.1 Å². The van der Waals surface area contributed by atoms with E-state index in [1.54, 1.807) is 4.68 Å². The van der Waals surface area contributed by atoms with Gasteiger partial charge in [-0.15, -0.1) is 5.10 Å². The Morgan fingerprint density at radius 2 is 2.20 bits per heavy atom. The van der Waals surface area contributed by atoms with Crippen molar-refractivity contribution in [1.82, 2.24) is 20.3 Å². The standard InChI is InChI=1S/C18H16BrN5O/c1-24-15-6-5-9(7-14(15)22-23-24)20-18(25)21-17-12-8-11-10(16(12)17)3-2-4-13(11)19/h2-7,12,16-17H,8H2,1H3,(H2,20,21,25). The summed E-state index contributed by atoms with van der Waals surface area (Å²) in [5.74, 6) is 0.961. The second-order valence-corrected chi connectivity index (χ2v) is 7.60. The Morgan fingerprint density at radius 1 is 1.32 bits per heavy atom. The number of carbonyl (C=O) groups is 1. The van der Waals surface area contributed by atoms with Crippen molar-refractivity contribution in [3.05, 3.63) is 52.0 Å². The summed E-state index contributed by atoms with van der Waals surface area (Å²) in [6.07, 6.45) is 1.03. The minimum Gasteiger partial charge on any atom is -0.334 e. The third-order valence-electron chi connectivity index (χ3n) is 5.29. The van der Waals surface area contributed by atoms with Crippen molar-refractivity contribution in [1.29, 1.82) is 0 Å². The van der Waals surface area contributed by atoms with Crippen LogP contribution in [0.4, 0.5) is 10.5 Å². The smallest absolute Gasteiger partial charge is 0.319 e. The number of carbonyl (C=O) groups excluding carboxylic acids is 1. The first kappa shape index (κ1) is 14.9. The summed E-state index contributed by atoms with van der Waals surface area (Å²) in [6.45, 7) is 0. The Kier molecular flexibility index (Phi) is 3.15. The predicted molar refractivity (Wildman–Crippen MR) is 98.5 cm³/mol. The lowest BCUT2D eigenvalue weighted by Crippen LogP contribution is -2.32. The molecule has 2 N–H and O–H groups in total. The number of halogens is 1. The van der Waals surface area contributed by atoms with E-state index in [1.165, 1.54) is 15.6 Å². The molecular weight excluding hydrogens is 382 g/mol. The van der Waals surface area contributed by atoms with Crippen molar-refractivity contribution < 1.29 is 4.79 Å². The van der Waals surface area contributed by atoms with Crippen molar-refractivity contribution in [2.24, 2.45) is 13.0 Å². The van der Waals surface area contributed by atoms with Crippen LogP contribution < -0.4 is 10.6 Å². The highest BCUT2D eigenvalue weighted by Gasteiger charge is 2.56. The van der Waals surface area contributed by atoms with Gasteiger partial charge in [0.05, 0.1) is 5.52 Å². The number of nitrogens with one attached hydrogen (secondary N) is 2. The molecule has 1 fully saturated rings. The molecule has 7 heteroatoms. The summed E-state index contributed by atoms with van der Waals surface area (Å²) < 4.78 is 2.89. The van der Waals surface area contributed by atoms with E-state index in [1.807, 2.05) is 25.2 Å². The number of hydrogen-bond acceptors (Lipinski definition) is 3. The van der Waals surface area contributed by atoms with Gasteiger partial charge in [0.2, 0.25) is 0 Å². The Labute approximate surface area is 152 Å². The van der Waals surface area contributed by atoms with Crippen LogP contribution in [0.5, 0.6) is 0 Å². The van der Waals surface area contributed by atoms with E-state index in [0.717, 1.165) is 23.1 Å². The zero-order valence-corrected chi connectivity index (χ0v) is 15.1. The third-order valence-corrected chi connectivity index (χ3v) is 6.03. The monoisotopic (exact) mass is 397 g/mol. The SMILES string of the molecule is Cn1nnc2cc(NC(=O)NC3C4Cc5c(Br)cccc5C43)ccc21. The summed E-state index contributed by atoms with van der Waals surface area (Å²) >= 11 is 3.62. The first-order valence-corrected chi connectivity index (χ1v) is 9.05. The molecule has 2 aliphatic carbocycles. The Balaban J connectivity index is 1.27. The summed E-state index contributed by atoms with van der Waals surface area (Å²) in [4.78, 5) is 12.3. The highest BCUT2D eigenvalue weighted by atomic mass is 79.9. The molecule has 2 amide bonds. The van der Waals surface area contributed by atoms with Crippen molar-refractivity contribution in [3.63, 3.8) is 0 Å². The molecule has 0 saturated heterocycles. The van der Waals surface area contributed by atoms with Gasteiger partial charge in [-0.1, -0.05) is 33.3 Å². The maximum Gasteiger partial charge on any atom is 0.319 e. The van der Waals surface area contributed by atoms with Crippen LogP contribution in [0, 0.1) is 5.92 Å². The second kappa shape index (κ2) is 5.29. The molecule has 1 aromatic heterocycles. The zero-order chi connectivity index (χ0) is 17.1. The number of aryl methyl sites for hydroxylation is 1. The molecule has 3 aromatic rings. The average Bonchev–Trinajstić information content (AvgIpc) is 2.92. The van der Waals surface area contributed by atoms with Crippen LogP contribution in [0.1, 0.15) is 17.0 Å². The number of hydrogen-bond donors (Lipinski definition) is 2. The van der Waals surface area contributed by atoms with E-state index in [4.69, 9.17) is 0 Å². The fourth-order valence-electron chi connectivity index (χ4n) is 4.02. The van der Waals surface area contributed by atoms with Crippen LogP contribution in [0.2, 0.25) is 0 Å². The molecule has 0 spiro atoms. The van der Waals surface area contributed by atoms with E-state index in [-0.39, 0.29) is 12.1 Å². The normalized spacial score (nSPS) is 23.2. The lowest BCUT2D eigenvalue weighted by molar-refractivity contribution is 0.251. The molecule has 3 atom stereocenters. The van der Waals surface area contributed by atoms with E-state index < -0.39 is 0 Å². The van der Waals surface area contributed by atoms with E-state index in [9.17, 15) is 4.79 Å². The van der Waals surface area contributed by atoms with Crippen LogP contribution in [-0.2, 0) is 13.5 Å². The lowest BCUT2D eigenvalue weighted by atomic mass is 10.1. The maximum absolute atomic E-state index is 12.3. The molecule has 2 aromatic carbocycles. The second-order valence-electron chi connectivity index (χ2n) is 6.74. The number of amides is 2. The molecule has 1 saturated carbocycles. The fraction of sp³-hybridized carbons (Fsp3) is 0.278. The Morgan fingerprint density at radius 3 is 3.08 bits per heavy atom. The fourth-order valence-corrected chi connectivity index (χ4v) is 4.57. The van der Waals surface area contributed by atoms with Gasteiger partial charge in [0.15, 0.2) is 0 Å². The number of benzene rings is 2. The topological polar surface area (TPSA) is 71.8 Å². The molecule has 0 aliphatic heterocycles. The highest BCUT2D eigenvalue weighted by molar-refractivity contribution is 9.10. The quantitative estimate of drug-likeness (QED) is 0.697. The molecule has 0 radical (unpaired) electrons. The van der Waals surface area contributed by atoms with Gasteiger partial charge in [-0.25, -0.2) is 9.48 Å². The molecule has 2 aliphatic rings. The first-order chi connectivity index (χ1) is 12.1. The van der Waals surface area contributed by atoms with Gasteiger partial charge in [-0.2, -0.15) is 0 Å². The zero-order valence-electron chi connectivity index (χ0n) is 13.5. The van der Waals surface area contributed by atoms with Crippen LogP contribution in [0.3, 0.4) is 0 Å². The van der Waals surface area contributed by atoms with Gasteiger partial charge < -0.3 is 10.6 Å². The minimum atomic E-state index is -0.167. The van der Waals surface area contributed by atoms with Crippen molar-refractivity contribution in [2.45, 2.75) is 18.4 Å². The lowest BCUT2D eigenvalue weighted by Gasteiger charge is -2.12. The van der Waals surface area contributed by atoms with Crippen LogP contribution >= 0.6 is 15.9 Å².